The van der Waals surface area contributed by atoms with E-state index in [0.717, 1.165) is 6.92 Å². The third-order valence-electron chi connectivity index (χ3n) is 7.64. The van der Waals surface area contributed by atoms with E-state index in [1.807, 2.05) is 6.92 Å². The molecule has 7 amide bonds. The number of carboxylic acid groups (broad SMARTS) is 1. The number of hydrogen-bond acceptors (Lipinski definition) is 10. The van der Waals surface area contributed by atoms with Crippen molar-refractivity contribution in [2.24, 2.45) is 35.0 Å². The molecule has 0 fully saturated rings. The highest BCUT2D eigenvalue weighted by Crippen LogP contribution is 2.18. The molecule has 0 spiro atoms. The van der Waals surface area contributed by atoms with Crippen molar-refractivity contribution in [1.29, 1.82) is 0 Å². The summed E-state index contributed by atoms with van der Waals surface area (Å²) < 4.78 is 0. The van der Waals surface area contributed by atoms with E-state index in [2.05, 4.69) is 10.6 Å². The van der Waals surface area contributed by atoms with Gasteiger partial charge in [-0.15, -0.1) is 0 Å². The Labute approximate surface area is 262 Å². The smallest absolute Gasteiger partial charge is 0.306 e. The van der Waals surface area contributed by atoms with Gasteiger partial charge in [-0.2, -0.15) is 0 Å². The zero-order chi connectivity index (χ0) is 35.3. The Morgan fingerprint density at radius 1 is 0.778 bits per heavy atom. The van der Waals surface area contributed by atoms with E-state index < -0.39 is 109 Å². The summed E-state index contributed by atoms with van der Waals surface area (Å²) in [4.78, 5) is 101. The number of hydrogen-bond donors (Lipinski definition) is 7. The van der Waals surface area contributed by atoms with E-state index in [0.29, 0.717) is 17.7 Å². The van der Waals surface area contributed by atoms with Gasteiger partial charge in [0, 0.05) is 13.3 Å². The number of nitrogens with two attached hydrogens (primary N) is 3. The predicted molar refractivity (Wildman–Crippen MR) is 159 cm³/mol. The van der Waals surface area contributed by atoms with Crippen LogP contribution in [0.4, 0.5) is 0 Å². The Bertz CT molecular complexity index is 1120. The van der Waals surface area contributed by atoms with Crippen molar-refractivity contribution in [3.63, 3.8) is 0 Å². The van der Waals surface area contributed by atoms with E-state index in [4.69, 9.17) is 17.2 Å². The van der Waals surface area contributed by atoms with Crippen LogP contribution < -0.4 is 27.8 Å². The second-order valence-corrected chi connectivity index (χ2v) is 11.5. The number of nitrogens with zero attached hydrogens (tertiary/aromatic N) is 2. The predicted octanol–water partition coefficient (Wildman–Crippen LogP) is -1.41. The Kier molecular flexibility index (Phi) is 16.9. The highest BCUT2D eigenvalue weighted by atomic mass is 16.5. The van der Waals surface area contributed by atoms with Crippen molar-refractivity contribution < 1.29 is 48.7 Å². The quantitative estimate of drug-likeness (QED) is 0.0633. The summed E-state index contributed by atoms with van der Waals surface area (Å²) in [6, 6.07) is -7.59. The standard InChI is InChI=1S/C28H49N7O10/c1-8-14(5)21(30)26(42)33-23(15(6)9-2)28(44)35(45)17(10-11-19(29)37)25(41)32-22(13(3)4)27(43)34(16(7)36)18(24(31)40)12-20(38)39/h13-15,17-18,21-23,45H,8-12,30H2,1-7H3,(H2,29,37)(H2,31,40)(H,32,41)(H,33,42)(H,38,39)/t14-,15-,17-,18-,21-,22-,23-/m0/s1. The van der Waals surface area contributed by atoms with E-state index in [-0.39, 0.29) is 11.0 Å². The van der Waals surface area contributed by atoms with Crippen LogP contribution in [0.5, 0.6) is 0 Å². The SMILES string of the molecule is CC[C@H](C)[C@H](N)C(=O)N[C@H](C(=O)N(O)[C@@H](CCC(N)=O)C(=O)N[C@H](C(=O)N(C(C)=O)[C@@H](CC(=O)O)C(N)=O)C(C)C)[C@@H](C)CC. The van der Waals surface area contributed by atoms with Gasteiger partial charge in [0.1, 0.15) is 24.2 Å². The molecule has 0 aromatic rings. The first-order chi connectivity index (χ1) is 20.7. The average molecular weight is 644 g/mol. The molecular formula is C28H49N7O10. The van der Waals surface area contributed by atoms with Crippen molar-refractivity contribution in [3.05, 3.63) is 0 Å². The summed E-state index contributed by atoms with van der Waals surface area (Å²) in [5, 5.41) is 25.1. The van der Waals surface area contributed by atoms with Crippen molar-refractivity contribution in [3.8, 4) is 0 Å². The van der Waals surface area contributed by atoms with Crippen molar-refractivity contribution in [2.45, 2.75) is 111 Å². The molecule has 0 aromatic heterocycles. The highest BCUT2D eigenvalue weighted by molar-refractivity contribution is 6.04. The lowest BCUT2D eigenvalue weighted by Gasteiger charge is -2.34. The van der Waals surface area contributed by atoms with Crippen LogP contribution in [0.2, 0.25) is 0 Å². The third-order valence-corrected chi connectivity index (χ3v) is 7.64. The number of carbonyl (C=O) groups excluding carboxylic acids is 7. The second kappa shape index (κ2) is 18.6. The van der Waals surface area contributed by atoms with Crippen LogP contribution in [0.3, 0.4) is 0 Å². The molecule has 256 valence electrons. The summed E-state index contributed by atoms with van der Waals surface area (Å²) in [5.74, 6) is -10.4. The first-order valence-electron chi connectivity index (χ1n) is 14.7. The summed E-state index contributed by atoms with van der Waals surface area (Å²) in [6.45, 7) is 10.8. The topological polar surface area (TPSA) is 286 Å². The molecule has 0 aliphatic rings. The molecule has 10 N–H and O–H groups in total. The molecule has 0 aromatic carbocycles. The number of carbonyl (C=O) groups is 8. The Morgan fingerprint density at radius 2 is 1.29 bits per heavy atom. The Morgan fingerprint density at radius 3 is 1.69 bits per heavy atom. The molecule has 0 unspecified atom stereocenters. The highest BCUT2D eigenvalue weighted by Gasteiger charge is 2.42. The van der Waals surface area contributed by atoms with Crippen LogP contribution >= 0.6 is 0 Å². The maximum Gasteiger partial charge on any atom is 0.306 e. The van der Waals surface area contributed by atoms with Crippen LogP contribution in [-0.2, 0) is 38.4 Å². The fourth-order valence-electron chi connectivity index (χ4n) is 4.31. The molecule has 7 atom stereocenters. The van der Waals surface area contributed by atoms with Gasteiger partial charge in [-0.3, -0.25) is 48.5 Å². The van der Waals surface area contributed by atoms with Gasteiger partial charge in [-0.1, -0.05) is 54.4 Å². The minimum Gasteiger partial charge on any atom is -0.481 e. The molecule has 17 nitrogen and oxygen atoms in total. The van der Waals surface area contributed by atoms with Crippen LogP contribution in [0, 0.1) is 17.8 Å². The molecule has 17 heteroatoms. The first-order valence-corrected chi connectivity index (χ1v) is 14.7. The number of primary amides is 2. The average Bonchev–Trinajstić information content (AvgIpc) is 2.95. The maximum atomic E-state index is 13.5. The number of amides is 7. The van der Waals surface area contributed by atoms with Crippen LogP contribution in [0.1, 0.15) is 80.6 Å². The summed E-state index contributed by atoms with van der Waals surface area (Å²) in [6.07, 6.45) is -1.04. The number of aliphatic carboxylic acids is 1. The number of imide groups is 1. The fraction of sp³-hybridized carbons (Fsp3) is 0.714. The number of rotatable bonds is 19. The summed E-state index contributed by atoms with van der Waals surface area (Å²) in [5.41, 5.74) is 16.5. The minimum atomic E-state index is -1.88. The van der Waals surface area contributed by atoms with Crippen molar-refractivity contribution in [2.75, 3.05) is 0 Å². The van der Waals surface area contributed by atoms with Gasteiger partial charge < -0.3 is 32.9 Å². The van der Waals surface area contributed by atoms with Gasteiger partial charge in [-0.25, -0.2) is 5.06 Å². The molecule has 45 heavy (non-hydrogen) atoms. The van der Waals surface area contributed by atoms with E-state index in [1.54, 1.807) is 20.8 Å². The van der Waals surface area contributed by atoms with E-state index in [1.165, 1.54) is 13.8 Å². The summed E-state index contributed by atoms with van der Waals surface area (Å²) in [7, 11) is 0. The summed E-state index contributed by atoms with van der Waals surface area (Å²) >= 11 is 0. The van der Waals surface area contributed by atoms with Gasteiger partial charge in [0.2, 0.25) is 29.5 Å². The Hall–Kier alpha value is -4.12. The largest absolute Gasteiger partial charge is 0.481 e. The maximum absolute atomic E-state index is 13.5. The molecular weight excluding hydrogens is 594 g/mol. The van der Waals surface area contributed by atoms with Gasteiger partial charge in [0.25, 0.3) is 11.8 Å². The molecule has 0 saturated carbocycles. The lowest BCUT2D eigenvalue weighted by Crippen LogP contribution is -2.62. The second-order valence-electron chi connectivity index (χ2n) is 11.5. The molecule has 0 aliphatic carbocycles. The normalized spacial score (nSPS) is 15.8. The monoisotopic (exact) mass is 643 g/mol. The molecule has 0 bridgehead atoms. The van der Waals surface area contributed by atoms with E-state index in [9.17, 15) is 48.7 Å². The lowest BCUT2D eigenvalue weighted by molar-refractivity contribution is -0.184. The van der Waals surface area contributed by atoms with Crippen LogP contribution in [0.15, 0.2) is 0 Å². The molecule has 0 rings (SSSR count). The number of carboxylic acids is 1. The lowest BCUT2D eigenvalue weighted by atomic mass is 9.94. The molecule has 0 saturated heterocycles. The molecule has 0 radical (unpaired) electrons. The van der Waals surface area contributed by atoms with Crippen LogP contribution in [0.25, 0.3) is 0 Å². The molecule has 0 aliphatic heterocycles. The van der Waals surface area contributed by atoms with Crippen LogP contribution in [-0.4, -0.2) is 97.8 Å². The number of nitrogens with one attached hydrogen (secondary N) is 2. The minimum absolute atomic E-state index is 0.0470. The molecule has 0 heterocycles. The fourth-order valence-corrected chi connectivity index (χ4v) is 4.31. The van der Waals surface area contributed by atoms with E-state index >= 15 is 0 Å². The zero-order valence-electron chi connectivity index (χ0n) is 26.9. The van der Waals surface area contributed by atoms with Gasteiger partial charge in [-0.05, 0) is 24.2 Å². The van der Waals surface area contributed by atoms with Crippen molar-refractivity contribution in [1.82, 2.24) is 20.6 Å². The van der Waals surface area contributed by atoms with Gasteiger partial charge in [0.05, 0.1) is 12.5 Å². The zero-order valence-corrected chi connectivity index (χ0v) is 26.9. The first kappa shape index (κ1) is 40.9. The number of hydroxylamine groups is 2. The van der Waals surface area contributed by atoms with Gasteiger partial charge >= 0.3 is 5.97 Å². The Balaban J connectivity index is 6.53. The van der Waals surface area contributed by atoms with Gasteiger partial charge in [0.15, 0.2) is 0 Å². The van der Waals surface area contributed by atoms with Crippen molar-refractivity contribution >= 4 is 47.3 Å². The third kappa shape index (κ3) is 12.1.